The molecule has 0 bridgehead atoms. The predicted octanol–water partition coefficient (Wildman–Crippen LogP) is 11.5. The topological polar surface area (TPSA) is 8.17 Å². The van der Waals surface area contributed by atoms with Gasteiger partial charge in [-0.1, -0.05) is 127 Å². The van der Waals surface area contributed by atoms with Crippen molar-refractivity contribution in [3.63, 3.8) is 0 Å². The van der Waals surface area contributed by atoms with Crippen LogP contribution in [0.1, 0.15) is 11.1 Å². The van der Waals surface area contributed by atoms with Crippen molar-refractivity contribution in [2.24, 2.45) is 0 Å². The normalized spacial score (nSPS) is 11.2. The van der Waals surface area contributed by atoms with Gasteiger partial charge in [0, 0.05) is 33.5 Å². The molecule has 0 radical (unpaired) electrons. The summed E-state index contributed by atoms with van der Waals surface area (Å²) in [6, 6.07) is 65.4. The fraction of sp³-hybridized carbons (Fsp3) is 0.0233. The fourth-order valence-electron chi connectivity index (χ4n) is 6.49. The van der Waals surface area contributed by atoms with E-state index in [1.54, 1.807) is 0 Å². The number of aromatic nitrogens is 1. The summed E-state index contributed by atoms with van der Waals surface area (Å²) in [4.78, 5) is 2.36. The lowest BCUT2D eigenvalue weighted by Gasteiger charge is -2.26. The highest BCUT2D eigenvalue weighted by atomic mass is 15.1. The van der Waals surface area contributed by atoms with Gasteiger partial charge in [0.15, 0.2) is 0 Å². The van der Waals surface area contributed by atoms with Gasteiger partial charge in [0.25, 0.3) is 0 Å². The molecule has 0 atom stereocenters. The number of hydrogen-bond acceptors (Lipinski definition) is 1. The van der Waals surface area contributed by atoms with E-state index in [0.717, 1.165) is 29.2 Å². The summed E-state index contributed by atoms with van der Waals surface area (Å²) < 4.78 is 2.38. The number of anilines is 3. The summed E-state index contributed by atoms with van der Waals surface area (Å²) in [5.74, 6) is 0. The molecule has 0 amide bonds. The van der Waals surface area contributed by atoms with Crippen molar-refractivity contribution >= 4 is 38.9 Å². The molecule has 0 aliphatic rings. The van der Waals surface area contributed by atoms with E-state index < -0.39 is 0 Å². The Hall–Kier alpha value is -5.86. The van der Waals surface area contributed by atoms with Crippen molar-refractivity contribution < 1.29 is 0 Å². The first-order chi connectivity index (χ1) is 22.3. The monoisotopic (exact) mass is 576 g/mol. The Kier molecular flexibility index (Phi) is 6.94. The molecule has 0 aliphatic heterocycles. The number of benzene rings is 7. The first-order valence-corrected chi connectivity index (χ1v) is 15.5. The van der Waals surface area contributed by atoms with Crippen LogP contribution in [0.4, 0.5) is 17.1 Å². The summed E-state index contributed by atoms with van der Waals surface area (Å²) in [5, 5.41) is 2.50. The van der Waals surface area contributed by atoms with Gasteiger partial charge < -0.3 is 9.47 Å². The van der Waals surface area contributed by atoms with Crippen LogP contribution in [0.3, 0.4) is 0 Å². The van der Waals surface area contributed by atoms with Crippen molar-refractivity contribution in [1.29, 1.82) is 0 Å². The largest absolute Gasteiger partial charge is 0.310 e. The highest BCUT2D eigenvalue weighted by molar-refractivity contribution is 6.10. The smallest absolute Gasteiger partial charge is 0.0561 e. The maximum atomic E-state index is 2.38. The van der Waals surface area contributed by atoms with Gasteiger partial charge in [-0.15, -0.1) is 0 Å². The van der Waals surface area contributed by atoms with E-state index in [1.165, 1.54) is 44.1 Å². The van der Waals surface area contributed by atoms with Crippen molar-refractivity contribution in [2.75, 3.05) is 4.90 Å². The van der Waals surface area contributed by atoms with Crippen LogP contribution in [0.15, 0.2) is 182 Å². The van der Waals surface area contributed by atoms with Crippen LogP contribution in [0.5, 0.6) is 0 Å². The van der Waals surface area contributed by atoms with Crippen LogP contribution in [0, 0.1) is 0 Å². The molecule has 2 nitrogen and oxygen atoms in total. The third kappa shape index (κ3) is 5.17. The van der Waals surface area contributed by atoms with Crippen LogP contribution in [-0.4, -0.2) is 4.57 Å². The molecule has 45 heavy (non-hydrogen) atoms. The molecular formula is C43H32N2. The Labute approximate surface area is 264 Å². The number of nitrogens with zero attached hydrogens (tertiary/aromatic N) is 2. The van der Waals surface area contributed by atoms with Gasteiger partial charge in [-0.05, 0) is 83.3 Å². The molecule has 8 aromatic rings. The SMILES string of the molecule is c1ccc(Cc2cccc(-c3cccc(N(c4ccccc4)c4ccc5c6ccccc6n(-c6ccccc6)c5c4)c3)c2)cc1. The fourth-order valence-corrected chi connectivity index (χ4v) is 6.49. The van der Waals surface area contributed by atoms with Crippen LogP contribution < -0.4 is 4.90 Å². The average Bonchev–Trinajstić information content (AvgIpc) is 3.44. The Morgan fingerprint density at radius 2 is 0.956 bits per heavy atom. The Morgan fingerprint density at radius 3 is 1.76 bits per heavy atom. The first-order valence-electron chi connectivity index (χ1n) is 15.5. The van der Waals surface area contributed by atoms with Gasteiger partial charge in [-0.25, -0.2) is 0 Å². The van der Waals surface area contributed by atoms with Crippen LogP contribution in [-0.2, 0) is 6.42 Å². The third-order valence-electron chi connectivity index (χ3n) is 8.56. The van der Waals surface area contributed by atoms with Crippen molar-refractivity contribution in [2.45, 2.75) is 6.42 Å². The maximum Gasteiger partial charge on any atom is 0.0561 e. The number of rotatable bonds is 7. The molecular weight excluding hydrogens is 544 g/mol. The Morgan fingerprint density at radius 1 is 0.378 bits per heavy atom. The van der Waals surface area contributed by atoms with Gasteiger partial charge in [0.05, 0.1) is 11.0 Å². The van der Waals surface area contributed by atoms with E-state index >= 15 is 0 Å². The zero-order valence-corrected chi connectivity index (χ0v) is 24.9. The molecule has 0 fully saturated rings. The van der Waals surface area contributed by atoms with Gasteiger partial charge in [0.1, 0.15) is 0 Å². The highest BCUT2D eigenvalue weighted by Gasteiger charge is 2.17. The molecule has 7 aromatic carbocycles. The summed E-state index contributed by atoms with van der Waals surface area (Å²) in [5.41, 5.74) is 12.0. The Balaban J connectivity index is 1.26. The number of para-hydroxylation sites is 3. The second-order valence-corrected chi connectivity index (χ2v) is 11.5. The highest BCUT2D eigenvalue weighted by Crippen LogP contribution is 2.40. The van der Waals surface area contributed by atoms with E-state index in [9.17, 15) is 0 Å². The van der Waals surface area contributed by atoms with Crippen molar-refractivity contribution in [3.05, 3.63) is 193 Å². The predicted molar refractivity (Wildman–Crippen MR) is 190 cm³/mol. The van der Waals surface area contributed by atoms with E-state index in [2.05, 4.69) is 191 Å². The lowest BCUT2D eigenvalue weighted by Crippen LogP contribution is -2.10. The van der Waals surface area contributed by atoms with Crippen molar-refractivity contribution in [1.82, 2.24) is 4.57 Å². The zero-order valence-electron chi connectivity index (χ0n) is 24.9. The molecule has 0 spiro atoms. The lowest BCUT2D eigenvalue weighted by atomic mass is 9.98. The van der Waals surface area contributed by atoms with Gasteiger partial charge in [0.2, 0.25) is 0 Å². The van der Waals surface area contributed by atoms with E-state index in [4.69, 9.17) is 0 Å². The van der Waals surface area contributed by atoms with E-state index in [1.807, 2.05) is 0 Å². The zero-order chi connectivity index (χ0) is 30.0. The molecule has 0 N–H and O–H groups in total. The molecule has 0 saturated heterocycles. The first kappa shape index (κ1) is 26.7. The molecule has 0 aliphatic carbocycles. The van der Waals surface area contributed by atoms with Gasteiger partial charge in [-0.2, -0.15) is 0 Å². The minimum atomic E-state index is 0.917. The van der Waals surface area contributed by atoms with Gasteiger partial charge in [-0.3, -0.25) is 0 Å². The minimum absolute atomic E-state index is 0.917. The van der Waals surface area contributed by atoms with Gasteiger partial charge >= 0.3 is 0 Å². The quantitative estimate of drug-likeness (QED) is 0.183. The second-order valence-electron chi connectivity index (χ2n) is 11.5. The minimum Gasteiger partial charge on any atom is -0.310 e. The summed E-state index contributed by atoms with van der Waals surface area (Å²) in [6.07, 6.45) is 0.917. The third-order valence-corrected chi connectivity index (χ3v) is 8.56. The summed E-state index contributed by atoms with van der Waals surface area (Å²) in [7, 11) is 0. The number of hydrogen-bond donors (Lipinski definition) is 0. The molecule has 214 valence electrons. The van der Waals surface area contributed by atoms with Crippen molar-refractivity contribution in [3.8, 4) is 16.8 Å². The van der Waals surface area contributed by atoms with E-state index in [-0.39, 0.29) is 0 Å². The molecule has 1 aromatic heterocycles. The second kappa shape index (κ2) is 11.7. The summed E-state index contributed by atoms with van der Waals surface area (Å²) in [6.45, 7) is 0. The van der Waals surface area contributed by atoms with Crippen LogP contribution in [0.2, 0.25) is 0 Å². The molecule has 0 unspecified atom stereocenters. The average molecular weight is 577 g/mol. The Bertz CT molecular complexity index is 2230. The molecule has 8 rings (SSSR count). The molecule has 0 saturated carbocycles. The maximum absolute atomic E-state index is 2.38. The van der Waals surface area contributed by atoms with Crippen LogP contribution >= 0.6 is 0 Å². The summed E-state index contributed by atoms with van der Waals surface area (Å²) >= 11 is 0. The van der Waals surface area contributed by atoms with E-state index in [0.29, 0.717) is 0 Å². The number of fused-ring (bicyclic) bond motifs is 3. The molecule has 2 heteroatoms. The lowest BCUT2D eigenvalue weighted by molar-refractivity contribution is 1.18. The molecule has 1 heterocycles. The standard InChI is InChI=1S/C43H32N2/c1-4-14-32(15-5-1)28-33-16-12-17-34(29-33)35-18-13-23-38(30-35)44(36-19-6-2-7-20-36)39-26-27-41-40-24-10-11-25-42(40)45(43(41)31-39)37-21-8-3-9-22-37/h1-27,29-31H,28H2. The van der Waals surface area contributed by atoms with Crippen LogP contribution in [0.25, 0.3) is 38.6 Å².